The predicted octanol–water partition coefficient (Wildman–Crippen LogP) is 3.72. The van der Waals surface area contributed by atoms with Gasteiger partial charge < -0.3 is 15.0 Å². The quantitative estimate of drug-likeness (QED) is 0.566. The zero-order chi connectivity index (χ0) is 23.9. The highest BCUT2D eigenvalue weighted by Crippen LogP contribution is 2.27. The molecule has 1 N–H and O–H groups in total. The van der Waals surface area contributed by atoms with Crippen LogP contribution in [0.4, 0.5) is 10.9 Å². The minimum atomic E-state index is -0.0300. The van der Waals surface area contributed by atoms with E-state index in [4.69, 9.17) is 15.0 Å². The van der Waals surface area contributed by atoms with Gasteiger partial charge in [0.25, 0.3) is 5.91 Å². The van der Waals surface area contributed by atoms with Crippen LogP contribution in [0, 0.1) is 18.3 Å². The number of rotatable bonds is 8. The minimum absolute atomic E-state index is 0.0300. The number of aryl methyl sites for hydroxylation is 1. The van der Waals surface area contributed by atoms with Crippen molar-refractivity contribution in [1.29, 1.82) is 5.26 Å². The molecule has 0 radical (unpaired) electrons. The molecule has 0 aliphatic carbocycles. The molecule has 2 aliphatic heterocycles. The molecule has 0 aromatic carbocycles. The molecule has 0 unspecified atom stereocenters. The van der Waals surface area contributed by atoms with Crippen LogP contribution >= 0.6 is 11.3 Å². The summed E-state index contributed by atoms with van der Waals surface area (Å²) in [5.41, 5.74) is 1.34. The van der Waals surface area contributed by atoms with Crippen molar-refractivity contribution in [3.8, 4) is 6.07 Å². The number of nitrogens with one attached hydrogen (secondary N) is 1. The molecule has 0 bridgehead atoms. The van der Waals surface area contributed by atoms with E-state index in [1.165, 1.54) is 11.3 Å². The summed E-state index contributed by atoms with van der Waals surface area (Å²) in [6.45, 7) is 8.42. The predicted molar refractivity (Wildman–Crippen MR) is 131 cm³/mol. The van der Waals surface area contributed by atoms with Gasteiger partial charge in [0.15, 0.2) is 5.13 Å². The third kappa shape index (κ3) is 6.29. The van der Waals surface area contributed by atoms with Crippen molar-refractivity contribution >= 4 is 28.2 Å². The Morgan fingerprint density at radius 1 is 1.26 bits per heavy atom. The molecular formula is C24H33N7O2S. The maximum atomic E-state index is 12.9. The van der Waals surface area contributed by atoms with E-state index < -0.39 is 0 Å². The maximum Gasteiger partial charge on any atom is 0.273 e. The molecule has 1 atom stereocenters. The van der Waals surface area contributed by atoms with Gasteiger partial charge in [0.1, 0.15) is 17.3 Å². The first-order valence-electron chi connectivity index (χ1n) is 12.1. The summed E-state index contributed by atoms with van der Waals surface area (Å²) < 4.78 is 5.83. The van der Waals surface area contributed by atoms with Crippen LogP contribution in [0.25, 0.3) is 0 Å². The zero-order valence-electron chi connectivity index (χ0n) is 20.0. The van der Waals surface area contributed by atoms with Crippen LogP contribution < -0.4 is 5.32 Å². The van der Waals surface area contributed by atoms with E-state index in [9.17, 15) is 4.79 Å². The molecular weight excluding hydrogens is 450 g/mol. The molecule has 34 heavy (non-hydrogen) atoms. The minimum Gasteiger partial charge on any atom is -0.378 e. The number of anilines is 2. The molecule has 0 spiro atoms. The number of nitrogens with zero attached hydrogens (tertiary/aromatic N) is 6. The highest BCUT2D eigenvalue weighted by Gasteiger charge is 2.26. The number of carbonyl (C=O) groups is 1. The molecule has 0 saturated carbocycles. The van der Waals surface area contributed by atoms with Gasteiger partial charge in [-0.1, -0.05) is 6.92 Å². The van der Waals surface area contributed by atoms with Crippen LogP contribution in [0.5, 0.6) is 0 Å². The number of nitriles is 1. The second-order valence-electron chi connectivity index (χ2n) is 9.01. The summed E-state index contributed by atoms with van der Waals surface area (Å²) >= 11 is 1.40. The fraction of sp³-hybridized carbons (Fsp3) is 0.625. The second kappa shape index (κ2) is 11.7. The first-order valence-corrected chi connectivity index (χ1v) is 13.0. The van der Waals surface area contributed by atoms with E-state index in [1.54, 1.807) is 5.38 Å². The SMILES string of the molecule is CCCOC1CCN(C(=O)c2csc(Nc3cc(C)nc([C@@H]4CCCN(CC#N)C4)n3)n2)CC1. The van der Waals surface area contributed by atoms with E-state index >= 15 is 0 Å². The van der Waals surface area contributed by atoms with Gasteiger partial charge in [-0.2, -0.15) is 5.26 Å². The second-order valence-corrected chi connectivity index (χ2v) is 9.87. The average Bonchev–Trinajstić information content (AvgIpc) is 3.31. The number of thiazole rings is 1. The van der Waals surface area contributed by atoms with Gasteiger partial charge in [0.2, 0.25) is 0 Å². The Morgan fingerprint density at radius 3 is 2.85 bits per heavy atom. The molecule has 2 saturated heterocycles. The van der Waals surface area contributed by atoms with Crippen molar-refractivity contribution in [2.45, 2.75) is 58.0 Å². The van der Waals surface area contributed by atoms with Crippen molar-refractivity contribution in [1.82, 2.24) is 24.8 Å². The normalized spacial score (nSPS) is 19.7. The first kappa shape index (κ1) is 24.5. The number of likely N-dealkylation sites (tertiary alicyclic amines) is 2. The number of hydrogen-bond acceptors (Lipinski definition) is 9. The molecule has 2 fully saturated rings. The molecule has 2 aliphatic rings. The molecule has 9 nitrogen and oxygen atoms in total. The van der Waals surface area contributed by atoms with E-state index in [0.29, 0.717) is 36.3 Å². The average molecular weight is 484 g/mol. The fourth-order valence-corrected chi connectivity index (χ4v) is 5.25. The van der Waals surface area contributed by atoms with E-state index in [2.05, 4.69) is 33.2 Å². The molecule has 2 aromatic heterocycles. The Hall–Kier alpha value is -2.61. The summed E-state index contributed by atoms with van der Waals surface area (Å²) in [6.07, 6.45) is 5.06. The highest BCUT2D eigenvalue weighted by molar-refractivity contribution is 7.14. The molecule has 2 aromatic rings. The number of aromatic nitrogens is 3. The Bertz CT molecular complexity index is 1010. The van der Waals surface area contributed by atoms with Gasteiger partial charge in [-0.15, -0.1) is 11.3 Å². The lowest BCUT2D eigenvalue weighted by molar-refractivity contribution is 0.00887. The van der Waals surface area contributed by atoms with E-state index in [-0.39, 0.29) is 17.9 Å². The van der Waals surface area contributed by atoms with Gasteiger partial charge in [-0.25, -0.2) is 15.0 Å². The summed E-state index contributed by atoms with van der Waals surface area (Å²) in [5, 5.41) is 14.7. The van der Waals surface area contributed by atoms with Crippen molar-refractivity contribution in [3.63, 3.8) is 0 Å². The lowest BCUT2D eigenvalue weighted by Gasteiger charge is -2.31. The Labute approximate surface area is 205 Å². The van der Waals surface area contributed by atoms with Crippen molar-refractivity contribution in [2.75, 3.05) is 44.6 Å². The maximum absolute atomic E-state index is 12.9. The lowest BCUT2D eigenvalue weighted by atomic mass is 9.97. The first-order chi connectivity index (χ1) is 16.6. The van der Waals surface area contributed by atoms with Gasteiger partial charge >= 0.3 is 0 Å². The van der Waals surface area contributed by atoms with E-state index in [1.807, 2.05) is 17.9 Å². The largest absolute Gasteiger partial charge is 0.378 e. The van der Waals surface area contributed by atoms with Gasteiger partial charge in [0.05, 0.1) is 18.7 Å². The number of amides is 1. The number of hydrogen-bond donors (Lipinski definition) is 1. The Morgan fingerprint density at radius 2 is 2.09 bits per heavy atom. The Kier molecular flexibility index (Phi) is 8.43. The summed E-state index contributed by atoms with van der Waals surface area (Å²) in [5.74, 6) is 1.66. The third-order valence-electron chi connectivity index (χ3n) is 6.28. The van der Waals surface area contributed by atoms with Crippen molar-refractivity contribution in [2.24, 2.45) is 0 Å². The monoisotopic (exact) mass is 483 g/mol. The third-order valence-corrected chi connectivity index (χ3v) is 7.04. The summed E-state index contributed by atoms with van der Waals surface area (Å²) in [6, 6.07) is 4.13. The molecule has 182 valence electrons. The molecule has 1 amide bonds. The number of ether oxygens (including phenoxy) is 1. The van der Waals surface area contributed by atoms with Gasteiger partial charge in [-0.05, 0) is 45.6 Å². The van der Waals surface area contributed by atoms with Crippen LogP contribution in [0.3, 0.4) is 0 Å². The number of piperidine rings is 2. The van der Waals surface area contributed by atoms with Crippen molar-refractivity contribution in [3.05, 3.63) is 28.7 Å². The van der Waals surface area contributed by atoms with Gasteiger partial charge in [-0.3, -0.25) is 9.69 Å². The fourth-order valence-electron chi connectivity index (χ4n) is 4.56. The Balaban J connectivity index is 1.37. The standard InChI is InChI=1S/C24H33N7O2S/c1-3-13-33-19-6-10-31(11-7-19)23(32)20-16-34-24(27-20)29-21-14-17(2)26-22(28-21)18-5-4-9-30(15-18)12-8-25/h14,16,18-19H,3-7,9-13,15H2,1-2H3,(H,26,27,28,29)/t18-/m1/s1. The van der Waals surface area contributed by atoms with Gasteiger partial charge in [0, 0.05) is 49.3 Å². The molecule has 4 rings (SSSR count). The summed E-state index contributed by atoms with van der Waals surface area (Å²) in [7, 11) is 0. The van der Waals surface area contributed by atoms with Crippen LogP contribution in [0.15, 0.2) is 11.4 Å². The molecule has 4 heterocycles. The van der Waals surface area contributed by atoms with E-state index in [0.717, 1.165) is 63.3 Å². The van der Waals surface area contributed by atoms with Crippen LogP contribution in [0.1, 0.15) is 67.0 Å². The lowest BCUT2D eigenvalue weighted by Crippen LogP contribution is -2.41. The van der Waals surface area contributed by atoms with Crippen LogP contribution in [-0.4, -0.2) is 76.1 Å². The van der Waals surface area contributed by atoms with Crippen molar-refractivity contribution < 1.29 is 9.53 Å². The topological polar surface area (TPSA) is 107 Å². The smallest absolute Gasteiger partial charge is 0.273 e. The van der Waals surface area contributed by atoms with Crippen LogP contribution in [-0.2, 0) is 4.74 Å². The summed E-state index contributed by atoms with van der Waals surface area (Å²) in [4.78, 5) is 30.9. The highest BCUT2D eigenvalue weighted by atomic mass is 32.1. The molecule has 10 heteroatoms. The number of carbonyl (C=O) groups excluding carboxylic acids is 1. The zero-order valence-corrected chi connectivity index (χ0v) is 20.8. The van der Waals surface area contributed by atoms with Crippen LogP contribution in [0.2, 0.25) is 0 Å².